The molecule has 24 nitrogen and oxygen atoms in total. The Labute approximate surface area is 874 Å². The maximum atomic E-state index is 13.6. The predicted molar refractivity (Wildman–Crippen MR) is 531 cm³/mol. The number of hydrogen-bond acceptors (Lipinski definition) is 23. The number of hydrogen-bond donors (Lipinski definition) is 7. The molecule has 4 aromatic heterocycles. The number of nitrogens with two attached hydrogens (primary N) is 2. The summed E-state index contributed by atoms with van der Waals surface area (Å²) in [6.45, 7) is 8.82. The molecule has 13 aromatic rings. The third-order valence-corrected chi connectivity index (χ3v) is 30.2. The van der Waals surface area contributed by atoms with E-state index in [2.05, 4.69) is 70.9 Å². The Morgan fingerprint density at radius 2 is 0.577 bits per heavy atom. The smallest absolute Gasteiger partial charge is 0.337 e. The first-order valence-corrected chi connectivity index (χ1v) is 48.9. The van der Waals surface area contributed by atoms with Crippen molar-refractivity contribution in [2.45, 2.75) is 104 Å². The fourth-order valence-corrected chi connectivity index (χ4v) is 20.1. The van der Waals surface area contributed by atoms with Gasteiger partial charge in [0.25, 0.3) is 23.6 Å². The number of carbonyl (C=O) groups excluding carboxylic acids is 4. The molecule has 9 aromatic carbocycles. The third-order valence-electron chi connectivity index (χ3n) is 22.2. The summed E-state index contributed by atoms with van der Waals surface area (Å²) in [5.74, 6) is -14.3. The van der Waals surface area contributed by atoms with Crippen LogP contribution in [0.1, 0.15) is 91.3 Å². The molecule has 4 fully saturated rings. The average Bonchev–Trinajstić information content (AvgIpc) is 1.63. The van der Waals surface area contributed by atoms with Gasteiger partial charge in [0.2, 0.25) is 0 Å². The molecule has 740 valence electrons. The Morgan fingerprint density at radius 1 is 0.345 bits per heavy atom. The molecule has 0 radical (unpaired) electrons. The molecule has 4 aliphatic heterocycles. The van der Waals surface area contributed by atoms with Crippen LogP contribution in [0.3, 0.4) is 0 Å². The summed E-state index contributed by atoms with van der Waals surface area (Å²) in [6.07, 6.45) is 16.5. The van der Waals surface area contributed by atoms with Gasteiger partial charge in [-0.15, -0.1) is 0 Å². The minimum Gasteiger partial charge on any atom is -0.478 e. The number of carbonyl (C=O) groups is 5. The van der Waals surface area contributed by atoms with E-state index in [-0.39, 0.29) is 136 Å². The molecular weight excluding hydrogens is 2180 g/mol. The number of aromatic carboxylic acids is 1. The topological polar surface area (TPSA) is 334 Å². The number of nitrogens with zero attached hydrogens (tertiary/aromatic N) is 10. The summed E-state index contributed by atoms with van der Waals surface area (Å²) < 4.78 is 144. The zero-order valence-corrected chi connectivity index (χ0v) is 84.3. The van der Waals surface area contributed by atoms with Crippen LogP contribution in [0.25, 0.3) is 0 Å². The number of anilines is 6. The average molecular weight is 2250 g/mol. The second-order valence-electron chi connectivity index (χ2n) is 31.3. The number of rotatable bonds is 19. The van der Waals surface area contributed by atoms with Crippen LogP contribution < -0.4 is 42.5 Å². The summed E-state index contributed by atoms with van der Waals surface area (Å²) in [5, 5.41) is 21.4. The van der Waals surface area contributed by atoms with Crippen LogP contribution in [0.2, 0.25) is 55.5 Å². The number of amides is 4. The lowest BCUT2D eigenvalue weighted by atomic mass is 9.73. The van der Waals surface area contributed by atoms with Crippen molar-refractivity contribution in [3.63, 3.8) is 0 Å². The molecule has 4 amide bonds. The molecule has 4 saturated heterocycles. The van der Waals surface area contributed by atoms with Crippen molar-refractivity contribution in [2.24, 2.45) is 22.3 Å². The van der Waals surface area contributed by atoms with Crippen molar-refractivity contribution in [1.29, 1.82) is 0 Å². The van der Waals surface area contributed by atoms with E-state index in [0.717, 1.165) is 112 Å². The molecular formula is C93H69Cl11F10N16O8S4. The number of ether oxygens (including phenoxy) is 2. The molecule has 49 heteroatoms. The molecule has 9 N–H and O–H groups in total. The largest absolute Gasteiger partial charge is 0.478 e. The standard InChI is InChI=1S/2C26H25Cl2F2N5O2S.2C17H8Cl3F2N3OS.C7H3ClF2O2/c2*1-14-24(31)26(13-37-14)5-7-35(8-6-26)21-11-33-22(12-32-21)38-20-4-2-3-19(23(20)28)34-25(36)15-9-17(29)18(30)10-16(15)27;2*18-9-5-11(22)10(21)4-8(9)17(26)25-12-2-1-3-13(16(12)20)27-15-7-23-14(19)6-24-15;8-4-2-6(10)5(9)1-3(4)7(11)12/h2*2-4,9-12,14,24H,5-8,13,31H2,1H3,(H,34,36);2*1-7H,(H,25,26);1-2H,(H,11,12)/t2*14-,24+;;;/m00.../s1. The van der Waals surface area contributed by atoms with E-state index in [9.17, 15) is 67.9 Å². The number of benzene rings is 9. The maximum Gasteiger partial charge on any atom is 0.337 e. The summed E-state index contributed by atoms with van der Waals surface area (Å²) in [6, 6.07) is 27.3. The quantitative estimate of drug-likeness (QED) is 0.0292. The van der Waals surface area contributed by atoms with Gasteiger partial charge in [0.1, 0.15) is 42.0 Å². The molecule has 4 atom stereocenters. The van der Waals surface area contributed by atoms with Crippen molar-refractivity contribution < 1.29 is 82.5 Å². The number of aromatic nitrogens is 8. The van der Waals surface area contributed by atoms with Crippen molar-refractivity contribution in [1.82, 2.24) is 39.9 Å². The van der Waals surface area contributed by atoms with Crippen LogP contribution in [0.4, 0.5) is 78.3 Å². The second-order valence-corrected chi connectivity index (χ2v) is 39.9. The summed E-state index contributed by atoms with van der Waals surface area (Å²) in [5.41, 5.74) is 12.7. The van der Waals surface area contributed by atoms with Gasteiger partial charge < -0.3 is 57.1 Å². The molecule has 4 aliphatic rings. The van der Waals surface area contributed by atoms with Crippen molar-refractivity contribution in [2.75, 3.05) is 70.5 Å². The van der Waals surface area contributed by atoms with Gasteiger partial charge in [0, 0.05) is 68.7 Å². The number of halogens is 21. The minimum atomic E-state index is -1.39. The van der Waals surface area contributed by atoms with E-state index in [1.165, 1.54) is 71.8 Å². The third kappa shape index (κ3) is 27.2. The molecule has 0 unspecified atom stereocenters. The lowest BCUT2D eigenvalue weighted by Crippen LogP contribution is -2.50. The van der Waals surface area contributed by atoms with E-state index in [1.807, 2.05) is 13.8 Å². The van der Waals surface area contributed by atoms with Gasteiger partial charge >= 0.3 is 5.97 Å². The van der Waals surface area contributed by atoms with Crippen LogP contribution in [-0.4, -0.2) is 138 Å². The minimum absolute atomic E-state index is 0.0342. The highest BCUT2D eigenvalue weighted by Gasteiger charge is 2.49. The Morgan fingerprint density at radius 3 is 0.796 bits per heavy atom. The normalized spacial score (nSPS) is 16.0. The molecule has 0 bridgehead atoms. The van der Waals surface area contributed by atoms with Gasteiger partial charge in [-0.3, -0.25) is 19.2 Å². The fourth-order valence-electron chi connectivity index (χ4n) is 14.5. The maximum absolute atomic E-state index is 13.6. The zero-order valence-electron chi connectivity index (χ0n) is 72.7. The Balaban J connectivity index is 0.000000154. The summed E-state index contributed by atoms with van der Waals surface area (Å²) in [7, 11) is 0. The van der Waals surface area contributed by atoms with E-state index >= 15 is 0 Å². The number of nitrogens with one attached hydrogen (secondary N) is 4. The van der Waals surface area contributed by atoms with Crippen molar-refractivity contribution >= 4 is 239 Å². The summed E-state index contributed by atoms with van der Waals surface area (Å²) >= 11 is 71.0. The van der Waals surface area contributed by atoms with Crippen LogP contribution >= 0.6 is 175 Å². The van der Waals surface area contributed by atoms with Crippen LogP contribution in [0, 0.1) is 69.0 Å². The zero-order chi connectivity index (χ0) is 102. The van der Waals surface area contributed by atoms with Crippen molar-refractivity contribution in [3.05, 3.63) is 325 Å². The van der Waals surface area contributed by atoms with Gasteiger partial charge in [-0.25, -0.2) is 88.6 Å². The lowest BCUT2D eigenvalue weighted by molar-refractivity contribution is 0.0695. The Hall–Kier alpha value is -10.0. The van der Waals surface area contributed by atoms with Crippen LogP contribution in [-0.2, 0) is 9.47 Å². The SMILES string of the molecule is C[C@@H]1OCC2(CCN(c3cnc(Sc4cccc(NC(=O)c5cc(F)c(F)cc5Cl)c4Cl)cn3)CC2)[C@@H]1N.C[C@@H]1OCC2(CCN(c3cnc(Sc4cccc(NC(=O)c5cc(F)c(F)cc5Cl)c4Cl)cn3)CC2)[C@@H]1N.O=C(Nc1cccc(Sc2cnc(Cl)cn2)c1Cl)c1cc(F)c(F)cc1Cl.O=C(Nc1cccc(Sc2cnc(Cl)cn2)c1Cl)c1cc(F)c(F)cc1Cl.O=C(O)c1cc(F)c(F)cc1Cl. The number of carboxylic acids is 1. The molecule has 2 spiro atoms. The molecule has 142 heavy (non-hydrogen) atoms. The Bertz CT molecular complexity index is 6540. The highest BCUT2D eigenvalue weighted by molar-refractivity contribution is 8.00. The first-order chi connectivity index (χ1) is 67.5. The van der Waals surface area contributed by atoms with Gasteiger partial charge in [-0.1, -0.05) is 199 Å². The van der Waals surface area contributed by atoms with Crippen LogP contribution in [0.5, 0.6) is 0 Å². The second kappa shape index (κ2) is 48.8. The van der Waals surface area contributed by atoms with Gasteiger partial charge in [-0.2, -0.15) is 0 Å². The Kier molecular flexibility index (Phi) is 37.5. The van der Waals surface area contributed by atoms with Gasteiger partial charge in [-0.05, 0) is 149 Å². The van der Waals surface area contributed by atoms with Crippen molar-refractivity contribution in [3.8, 4) is 0 Å². The van der Waals surface area contributed by atoms with E-state index in [4.69, 9.17) is 154 Å². The first kappa shape index (κ1) is 109. The highest BCUT2D eigenvalue weighted by atomic mass is 35.5. The van der Waals surface area contributed by atoms with Gasteiger partial charge in [0.15, 0.2) is 58.2 Å². The number of carboxylic acid groups (broad SMARTS) is 1. The monoisotopic (exact) mass is 2240 g/mol. The van der Waals surface area contributed by atoms with Crippen LogP contribution in [0.15, 0.2) is 223 Å². The molecule has 8 heterocycles. The fraction of sp³-hybridized carbons (Fsp3) is 0.194. The van der Waals surface area contributed by atoms with E-state index < -0.39 is 93.3 Å². The predicted octanol–water partition coefficient (Wildman–Crippen LogP) is 26.1. The lowest BCUT2D eigenvalue weighted by Gasteiger charge is -2.41. The molecule has 0 saturated carbocycles. The highest BCUT2D eigenvalue weighted by Crippen LogP contribution is 2.47. The summed E-state index contributed by atoms with van der Waals surface area (Å²) in [4.78, 5) is 102. The number of piperidine rings is 2. The molecule has 17 rings (SSSR count). The first-order valence-electron chi connectivity index (χ1n) is 41.5. The molecule has 0 aliphatic carbocycles. The van der Waals surface area contributed by atoms with E-state index in [1.54, 1.807) is 97.6 Å². The van der Waals surface area contributed by atoms with Gasteiger partial charge in [0.05, 0.1) is 171 Å². The van der Waals surface area contributed by atoms with E-state index in [0.29, 0.717) is 65.0 Å².